The van der Waals surface area contributed by atoms with Gasteiger partial charge in [-0.05, 0) is 130 Å². The lowest BCUT2D eigenvalue weighted by Crippen LogP contribution is -2.35. The van der Waals surface area contributed by atoms with E-state index in [1.54, 1.807) is 83.1 Å². The van der Waals surface area contributed by atoms with Gasteiger partial charge in [-0.15, -0.1) is 5.10 Å². The van der Waals surface area contributed by atoms with E-state index in [-0.39, 0.29) is 5.69 Å². The van der Waals surface area contributed by atoms with Crippen LogP contribution in [0.25, 0.3) is 0 Å². The van der Waals surface area contributed by atoms with Crippen molar-refractivity contribution < 1.29 is 65.4 Å². The van der Waals surface area contributed by atoms with E-state index in [4.69, 9.17) is 37.0 Å². The number of rotatable bonds is 22. The molecule has 0 aliphatic carbocycles. The smallest absolute Gasteiger partial charge is 0.354 e. The van der Waals surface area contributed by atoms with Crippen LogP contribution in [0.15, 0.2) is 29.5 Å². The number of aryl methyl sites for hydroxylation is 1. The van der Waals surface area contributed by atoms with Gasteiger partial charge in [-0.25, -0.2) is 0 Å². The van der Waals surface area contributed by atoms with Crippen LogP contribution in [-0.4, -0.2) is 70.9 Å². The van der Waals surface area contributed by atoms with Crippen molar-refractivity contribution in [1.29, 1.82) is 0 Å². The van der Waals surface area contributed by atoms with Crippen molar-refractivity contribution in [3.05, 3.63) is 35.2 Å². The van der Waals surface area contributed by atoms with Gasteiger partial charge >= 0.3 is 39.1 Å². The van der Waals surface area contributed by atoms with Gasteiger partial charge in [0.05, 0.1) is 27.4 Å². The Kier molecular flexibility index (Phi) is 20.1. The fraction of sp³-hybridized carbons (Fsp3) is 0.750. The molecule has 17 nitrogen and oxygen atoms in total. The molecule has 0 aliphatic heterocycles. The predicted octanol–water partition coefficient (Wildman–Crippen LogP) is 9.26. The van der Waals surface area contributed by atoms with Gasteiger partial charge in [0.25, 0.3) is 0 Å². The maximum atomic E-state index is 15.4. The fourth-order valence-corrected chi connectivity index (χ4v) is 9.07. The van der Waals surface area contributed by atoms with Crippen LogP contribution in [-0.2, 0) is 78.3 Å². The molecule has 0 saturated heterocycles. The van der Waals surface area contributed by atoms with E-state index in [1.165, 1.54) is 28.9 Å². The number of allylic oxidation sites excluding steroid dienone is 4. The Morgan fingerprint density at radius 1 is 0.593 bits per heavy atom. The SMILES string of the molecule is CC(C)=CCCC(C)=CCCn1cc(CC(C)(P(=O)(OCOC(=O)C(C)(C)C)OCOC(=O)C(C)(C)C)P(=O)(OCOC(=O)C(C)(C)C)OCOC(=O)C(C)(C)C)nn1. The van der Waals surface area contributed by atoms with E-state index in [1.807, 2.05) is 20.8 Å². The molecule has 0 saturated carbocycles. The van der Waals surface area contributed by atoms with E-state index >= 15 is 9.13 Å². The summed E-state index contributed by atoms with van der Waals surface area (Å²) in [6.07, 6.45) is 7.61. The number of hydrogen-bond acceptors (Lipinski definition) is 16. The highest BCUT2D eigenvalue weighted by Gasteiger charge is 2.63. The molecule has 1 aromatic rings. The highest BCUT2D eigenvalue weighted by Crippen LogP contribution is 2.78. The molecule has 0 radical (unpaired) electrons. The van der Waals surface area contributed by atoms with Gasteiger partial charge in [0.15, 0.2) is 4.90 Å². The minimum Gasteiger partial charge on any atom is -0.438 e. The Labute approximate surface area is 350 Å². The molecule has 19 heteroatoms. The van der Waals surface area contributed by atoms with Crippen LogP contribution < -0.4 is 0 Å². The van der Waals surface area contributed by atoms with Crippen LogP contribution in [0.5, 0.6) is 0 Å². The van der Waals surface area contributed by atoms with E-state index < -0.39 is 99.2 Å². The predicted molar refractivity (Wildman–Crippen MR) is 220 cm³/mol. The minimum absolute atomic E-state index is 0.105. The standard InChI is InChI=1S/C40H69N3O14P2/c1-29(2)19-17-20-30(3)21-18-22-43-24-31(41-42-43)23-40(16,58(48,54-25-50-32(44)36(4,5)6)55-26-51-33(45)37(7,8)9)59(49,56-27-52-34(46)38(10,11)12)57-28-53-35(47)39(13,14)15/h19,21,24H,17-18,20,22-23,25-28H2,1-16H3. The molecule has 0 fully saturated rings. The first-order valence-electron chi connectivity index (χ1n) is 19.4. The zero-order valence-corrected chi connectivity index (χ0v) is 39.8. The first-order chi connectivity index (χ1) is 26.8. The molecule has 0 aromatic carbocycles. The lowest BCUT2D eigenvalue weighted by atomic mass is 9.98. The lowest BCUT2D eigenvalue weighted by molar-refractivity contribution is -0.163. The second-order valence-corrected chi connectivity index (χ2v) is 24.1. The Bertz CT molecular complexity index is 1580. The summed E-state index contributed by atoms with van der Waals surface area (Å²) in [6, 6.07) is 0. The molecule has 0 amide bonds. The molecule has 0 bridgehead atoms. The summed E-state index contributed by atoms with van der Waals surface area (Å²) >= 11 is 0. The third-order valence-electron chi connectivity index (χ3n) is 8.32. The zero-order valence-electron chi connectivity index (χ0n) is 38.0. The molecule has 1 rings (SSSR count). The van der Waals surface area contributed by atoms with Crippen LogP contribution >= 0.6 is 15.2 Å². The van der Waals surface area contributed by atoms with Crippen molar-refractivity contribution in [3.8, 4) is 0 Å². The molecule has 1 heterocycles. The number of carbonyl (C=O) groups excluding carboxylic acids is 4. The average molecular weight is 878 g/mol. The molecule has 0 atom stereocenters. The van der Waals surface area contributed by atoms with Crippen LogP contribution in [0.4, 0.5) is 0 Å². The van der Waals surface area contributed by atoms with Crippen LogP contribution in [0.3, 0.4) is 0 Å². The largest absolute Gasteiger partial charge is 0.438 e. The molecule has 338 valence electrons. The number of hydrogen-bond donors (Lipinski definition) is 0. The van der Waals surface area contributed by atoms with Crippen molar-refractivity contribution in [3.63, 3.8) is 0 Å². The third kappa shape index (κ3) is 17.7. The van der Waals surface area contributed by atoms with Gasteiger partial charge in [0.1, 0.15) is 0 Å². The quantitative estimate of drug-likeness (QED) is 0.0350. The average Bonchev–Trinajstić information content (AvgIpc) is 3.52. The van der Waals surface area contributed by atoms with Crippen molar-refractivity contribution in [1.82, 2.24) is 15.0 Å². The summed E-state index contributed by atoms with van der Waals surface area (Å²) in [5, 5.41) is 8.44. The second-order valence-electron chi connectivity index (χ2n) is 18.7. The van der Waals surface area contributed by atoms with Crippen molar-refractivity contribution in [2.24, 2.45) is 21.7 Å². The van der Waals surface area contributed by atoms with Gasteiger partial charge in [-0.2, -0.15) is 0 Å². The molecule has 0 unspecified atom stereocenters. The van der Waals surface area contributed by atoms with Gasteiger partial charge < -0.3 is 18.9 Å². The Hall–Kier alpha value is -3.20. The molecular weight excluding hydrogens is 808 g/mol. The molecule has 0 spiro atoms. The Balaban J connectivity index is 3.89. The van der Waals surface area contributed by atoms with Crippen LogP contribution in [0.1, 0.15) is 136 Å². The monoisotopic (exact) mass is 877 g/mol. The number of carbonyl (C=O) groups is 4. The highest BCUT2D eigenvalue weighted by atomic mass is 31.2. The second kappa shape index (κ2) is 22.1. The number of ether oxygens (including phenoxy) is 4. The van der Waals surface area contributed by atoms with E-state index in [9.17, 15) is 19.2 Å². The molecule has 0 N–H and O–H groups in total. The molecular formula is C40H69N3O14P2. The Morgan fingerprint density at radius 3 is 1.27 bits per heavy atom. The molecule has 0 aliphatic rings. The highest BCUT2D eigenvalue weighted by molar-refractivity contribution is 7.74. The maximum absolute atomic E-state index is 15.4. The summed E-state index contributed by atoms with van der Waals surface area (Å²) in [6.45, 7) is 22.8. The minimum atomic E-state index is -5.12. The number of esters is 4. The van der Waals surface area contributed by atoms with Gasteiger partial charge in [-0.1, -0.05) is 28.5 Å². The fourth-order valence-electron chi connectivity index (χ4n) is 4.44. The summed E-state index contributed by atoms with van der Waals surface area (Å²) in [7, 11) is -10.2. The van der Waals surface area contributed by atoms with E-state index in [0.29, 0.717) is 13.0 Å². The normalized spacial score (nSPS) is 13.5. The third-order valence-corrected chi connectivity index (χ3v) is 14.3. The van der Waals surface area contributed by atoms with Crippen molar-refractivity contribution in [2.75, 3.05) is 27.2 Å². The summed E-state index contributed by atoms with van der Waals surface area (Å²) in [5.41, 5.74) is -1.48. The van der Waals surface area contributed by atoms with Crippen LogP contribution in [0.2, 0.25) is 0 Å². The topological polar surface area (TPSA) is 207 Å². The number of aromatic nitrogens is 3. The lowest BCUT2D eigenvalue weighted by Gasteiger charge is -2.39. The van der Waals surface area contributed by atoms with Crippen molar-refractivity contribution in [2.45, 2.75) is 148 Å². The first-order valence-corrected chi connectivity index (χ1v) is 22.5. The summed E-state index contributed by atoms with van der Waals surface area (Å²) < 4.78 is 76.4. The maximum Gasteiger partial charge on any atom is 0.354 e. The number of nitrogens with zero attached hydrogens (tertiary/aromatic N) is 3. The summed E-state index contributed by atoms with van der Waals surface area (Å²) in [4.78, 5) is 48.5. The molecule has 1 aromatic heterocycles. The first kappa shape index (κ1) is 53.8. The van der Waals surface area contributed by atoms with Gasteiger partial charge in [0, 0.05) is 19.2 Å². The zero-order chi connectivity index (χ0) is 45.7. The molecule has 59 heavy (non-hydrogen) atoms. The summed E-state index contributed by atoms with van der Waals surface area (Å²) in [5.74, 6) is -2.97. The van der Waals surface area contributed by atoms with Crippen molar-refractivity contribution >= 4 is 39.1 Å². The Morgan fingerprint density at radius 2 is 0.949 bits per heavy atom. The van der Waals surface area contributed by atoms with E-state index in [2.05, 4.69) is 22.5 Å². The van der Waals surface area contributed by atoms with Gasteiger partial charge in [0.2, 0.25) is 27.2 Å². The van der Waals surface area contributed by atoms with E-state index in [0.717, 1.165) is 12.8 Å². The van der Waals surface area contributed by atoms with Gasteiger partial charge in [-0.3, -0.25) is 51.1 Å². The van der Waals surface area contributed by atoms with Crippen LogP contribution in [0, 0.1) is 21.7 Å².